The molecule has 2 aromatic rings. The number of anilines is 1. The molecule has 1 heterocycles. The number of hydrogen-bond donors (Lipinski definition) is 1. The van der Waals surface area contributed by atoms with E-state index in [9.17, 15) is 0 Å². The summed E-state index contributed by atoms with van der Waals surface area (Å²) >= 11 is 8.39. The van der Waals surface area contributed by atoms with Gasteiger partial charge in [-0.25, -0.2) is 9.97 Å². The van der Waals surface area contributed by atoms with E-state index in [-0.39, 0.29) is 5.41 Å². The molecular formula is C14H15ClIN3. The minimum atomic E-state index is -0.0937. The Morgan fingerprint density at radius 3 is 2.37 bits per heavy atom. The summed E-state index contributed by atoms with van der Waals surface area (Å²) < 4.78 is 0.904. The van der Waals surface area contributed by atoms with E-state index >= 15 is 0 Å². The second-order valence-corrected chi connectivity index (χ2v) is 6.81. The summed E-state index contributed by atoms with van der Waals surface area (Å²) in [6.45, 7) is 6.31. The quantitative estimate of drug-likeness (QED) is 0.743. The van der Waals surface area contributed by atoms with Crippen LogP contribution in [0, 0.1) is 3.57 Å². The van der Waals surface area contributed by atoms with Crippen molar-refractivity contribution in [3.63, 3.8) is 0 Å². The molecule has 1 aromatic carbocycles. The molecule has 2 rings (SSSR count). The minimum absolute atomic E-state index is 0.0937. The Labute approximate surface area is 131 Å². The van der Waals surface area contributed by atoms with E-state index in [0.29, 0.717) is 16.7 Å². The average Bonchev–Trinajstić information content (AvgIpc) is 2.31. The normalized spacial score (nSPS) is 11.6. The van der Waals surface area contributed by atoms with Crippen LogP contribution >= 0.6 is 34.2 Å². The van der Waals surface area contributed by atoms with Gasteiger partial charge in [0.2, 0.25) is 0 Å². The highest BCUT2D eigenvalue weighted by atomic mass is 127. The molecule has 0 amide bonds. The van der Waals surface area contributed by atoms with Crippen LogP contribution < -0.4 is 5.73 Å². The molecule has 2 N–H and O–H groups in total. The Kier molecular flexibility index (Phi) is 4.01. The molecular weight excluding hydrogens is 373 g/mol. The van der Waals surface area contributed by atoms with Crippen molar-refractivity contribution in [3.05, 3.63) is 38.6 Å². The highest BCUT2D eigenvalue weighted by Crippen LogP contribution is 2.32. The van der Waals surface area contributed by atoms with Crippen molar-refractivity contribution in [2.75, 3.05) is 5.73 Å². The van der Waals surface area contributed by atoms with Gasteiger partial charge in [0.15, 0.2) is 5.82 Å². The lowest BCUT2D eigenvalue weighted by Gasteiger charge is -2.21. The van der Waals surface area contributed by atoms with Crippen LogP contribution in [0.15, 0.2) is 24.3 Å². The molecule has 19 heavy (non-hydrogen) atoms. The molecule has 0 bridgehead atoms. The van der Waals surface area contributed by atoms with E-state index in [2.05, 4.69) is 53.3 Å². The van der Waals surface area contributed by atoms with Crippen LogP contribution in [-0.4, -0.2) is 9.97 Å². The topological polar surface area (TPSA) is 51.8 Å². The largest absolute Gasteiger partial charge is 0.383 e. The first-order valence-electron chi connectivity index (χ1n) is 5.89. The van der Waals surface area contributed by atoms with Crippen molar-refractivity contribution in [3.8, 4) is 11.4 Å². The Balaban J connectivity index is 2.68. The van der Waals surface area contributed by atoms with Gasteiger partial charge in [0, 0.05) is 11.0 Å². The number of rotatable bonds is 1. The van der Waals surface area contributed by atoms with Crippen LogP contribution in [0.1, 0.15) is 26.5 Å². The molecule has 1 aromatic heterocycles. The fraction of sp³-hybridized carbons (Fsp3) is 0.286. The zero-order valence-electron chi connectivity index (χ0n) is 11.0. The van der Waals surface area contributed by atoms with Crippen molar-refractivity contribution in [1.82, 2.24) is 9.97 Å². The maximum Gasteiger partial charge on any atom is 0.163 e. The lowest BCUT2D eigenvalue weighted by atomic mass is 9.92. The summed E-state index contributed by atoms with van der Waals surface area (Å²) in [5.74, 6) is 1.07. The van der Waals surface area contributed by atoms with E-state index in [4.69, 9.17) is 17.3 Å². The third-order valence-corrected chi connectivity index (χ3v) is 4.10. The second-order valence-electron chi connectivity index (χ2n) is 5.32. The number of nitrogens with two attached hydrogens (primary N) is 1. The Hall–Kier alpha value is -0.880. The summed E-state index contributed by atoms with van der Waals surface area (Å²) in [5, 5.41) is 0.628. The Morgan fingerprint density at radius 2 is 1.79 bits per heavy atom. The van der Waals surface area contributed by atoms with Crippen LogP contribution in [-0.2, 0) is 5.41 Å². The van der Waals surface area contributed by atoms with Crippen molar-refractivity contribution >= 4 is 40.0 Å². The molecule has 0 radical (unpaired) electrons. The maximum absolute atomic E-state index is 6.19. The van der Waals surface area contributed by atoms with Crippen LogP contribution in [0.25, 0.3) is 11.4 Å². The molecule has 100 valence electrons. The first kappa shape index (κ1) is 14.5. The van der Waals surface area contributed by atoms with Crippen LogP contribution in [0.5, 0.6) is 0 Å². The molecule has 0 spiro atoms. The van der Waals surface area contributed by atoms with Gasteiger partial charge in [-0.15, -0.1) is 0 Å². The molecule has 0 aliphatic carbocycles. The van der Waals surface area contributed by atoms with Gasteiger partial charge in [0.05, 0.1) is 14.3 Å². The van der Waals surface area contributed by atoms with Crippen molar-refractivity contribution < 1.29 is 0 Å². The lowest BCUT2D eigenvalue weighted by Crippen LogP contribution is -2.18. The fourth-order valence-electron chi connectivity index (χ4n) is 1.72. The van der Waals surface area contributed by atoms with Crippen LogP contribution in [0.3, 0.4) is 0 Å². The third kappa shape index (κ3) is 3.00. The van der Waals surface area contributed by atoms with Gasteiger partial charge in [-0.2, -0.15) is 0 Å². The maximum atomic E-state index is 6.19. The predicted molar refractivity (Wildman–Crippen MR) is 88.3 cm³/mol. The second kappa shape index (κ2) is 5.25. The standard InChI is InChI=1S/C14H15ClIN3/c1-14(2,3)11-10(16)12(17)19-13(18-11)8-6-4-5-7-9(8)15/h4-7H,1-3H3,(H2,17,18,19). The first-order valence-corrected chi connectivity index (χ1v) is 7.35. The van der Waals surface area contributed by atoms with E-state index in [0.717, 1.165) is 14.8 Å². The van der Waals surface area contributed by atoms with Crippen molar-refractivity contribution in [2.45, 2.75) is 26.2 Å². The summed E-state index contributed by atoms with van der Waals surface area (Å²) in [6, 6.07) is 7.52. The molecule has 3 nitrogen and oxygen atoms in total. The Morgan fingerprint density at radius 1 is 1.16 bits per heavy atom. The summed E-state index contributed by atoms with van der Waals surface area (Å²) in [6.07, 6.45) is 0. The molecule has 0 unspecified atom stereocenters. The number of nitrogen functional groups attached to an aromatic ring is 1. The third-order valence-electron chi connectivity index (χ3n) is 2.70. The first-order chi connectivity index (χ1) is 8.80. The van der Waals surface area contributed by atoms with Gasteiger partial charge in [-0.3, -0.25) is 0 Å². The number of hydrogen-bond acceptors (Lipinski definition) is 3. The van der Waals surface area contributed by atoms with Gasteiger partial charge in [-0.05, 0) is 34.7 Å². The summed E-state index contributed by atoms with van der Waals surface area (Å²) in [5.41, 5.74) is 7.65. The summed E-state index contributed by atoms with van der Waals surface area (Å²) in [7, 11) is 0. The smallest absolute Gasteiger partial charge is 0.163 e. The molecule has 0 aliphatic heterocycles. The van der Waals surface area contributed by atoms with E-state index in [1.54, 1.807) is 0 Å². The monoisotopic (exact) mass is 387 g/mol. The minimum Gasteiger partial charge on any atom is -0.383 e. The molecule has 0 fully saturated rings. The van der Waals surface area contributed by atoms with Crippen LogP contribution in [0.4, 0.5) is 5.82 Å². The molecule has 0 saturated heterocycles. The molecule has 0 aliphatic rings. The van der Waals surface area contributed by atoms with Gasteiger partial charge >= 0.3 is 0 Å². The highest BCUT2D eigenvalue weighted by molar-refractivity contribution is 14.1. The van der Waals surface area contributed by atoms with E-state index in [1.165, 1.54) is 0 Å². The number of benzene rings is 1. The van der Waals surface area contributed by atoms with Crippen molar-refractivity contribution in [1.29, 1.82) is 0 Å². The lowest BCUT2D eigenvalue weighted by molar-refractivity contribution is 0.564. The van der Waals surface area contributed by atoms with E-state index in [1.807, 2.05) is 24.3 Å². The number of nitrogens with zero attached hydrogens (tertiary/aromatic N) is 2. The highest BCUT2D eigenvalue weighted by Gasteiger charge is 2.23. The van der Waals surface area contributed by atoms with Gasteiger partial charge in [-0.1, -0.05) is 44.5 Å². The zero-order chi connectivity index (χ0) is 14.2. The van der Waals surface area contributed by atoms with Gasteiger partial charge in [0.1, 0.15) is 5.82 Å². The van der Waals surface area contributed by atoms with E-state index < -0.39 is 0 Å². The molecule has 0 atom stereocenters. The van der Waals surface area contributed by atoms with Crippen LogP contribution in [0.2, 0.25) is 5.02 Å². The van der Waals surface area contributed by atoms with Crippen molar-refractivity contribution in [2.24, 2.45) is 0 Å². The Bertz CT molecular complexity index is 621. The zero-order valence-corrected chi connectivity index (χ0v) is 14.0. The van der Waals surface area contributed by atoms with Gasteiger partial charge < -0.3 is 5.73 Å². The number of aromatic nitrogens is 2. The predicted octanol–water partition coefficient (Wildman–Crippen LogP) is 4.28. The van der Waals surface area contributed by atoms with Gasteiger partial charge in [0.25, 0.3) is 0 Å². The average molecular weight is 388 g/mol. The molecule has 5 heteroatoms. The summed E-state index contributed by atoms with van der Waals surface area (Å²) in [4.78, 5) is 9.01. The molecule has 0 saturated carbocycles. The number of halogens is 2. The SMILES string of the molecule is CC(C)(C)c1nc(-c2ccccc2Cl)nc(N)c1I. The fourth-order valence-corrected chi connectivity index (χ4v) is 2.99.